The number of carbonyl (C=O) groups excluding carboxylic acids is 1. The minimum Gasteiger partial charge on any atom is -0.373 e. The number of hydrogen-bond acceptors (Lipinski definition) is 5. The second-order valence-corrected chi connectivity index (χ2v) is 11.0. The van der Waals surface area contributed by atoms with E-state index in [-0.39, 0.29) is 23.0 Å². The molecule has 35 heavy (non-hydrogen) atoms. The Hall–Kier alpha value is -3.07. The standard InChI is InChI=1S/C27H31N3O4S/c1-20-7-4-5-9-25(20)19-29(18-23-8-6-14-28-15-23)27(31)24-10-12-26(13-11-24)35(32,33)30-16-21(2)34-22(3)17-30/h4-15,21-22H,16-19H2,1-3H3. The number of benzene rings is 2. The number of amides is 1. The van der Waals surface area contributed by atoms with Gasteiger partial charge in [0.25, 0.3) is 5.91 Å². The molecule has 2 unspecified atom stereocenters. The van der Waals surface area contributed by atoms with Crippen molar-refractivity contribution >= 4 is 15.9 Å². The van der Waals surface area contributed by atoms with Crippen molar-refractivity contribution in [3.63, 3.8) is 0 Å². The number of rotatable bonds is 7. The Bertz CT molecular complexity index is 1250. The highest BCUT2D eigenvalue weighted by Crippen LogP contribution is 2.23. The zero-order valence-electron chi connectivity index (χ0n) is 20.3. The molecule has 0 N–H and O–H groups in total. The van der Waals surface area contributed by atoms with Crippen LogP contribution >= 0.6 is 0 Å². The Balaban J connectivity index is 1.57. The normalized spacial score (nSPS) is 18.8. The van der Waals surface area contributed by atoms with E-state index in [0.717, 1.165) is 16.7 Å². The average Bonchev–Trinajstić information content (AvgIpc) is 2.84. The van der Waals surface area contributed by atoms with Gasteiger partial charge in [0.1, 0.15) is 0 Å². The molecule has 2 atom stereocenters. The largest absolute Gasteiger partial charge is 0.373 e. The summed E-state index contributed by atoms with van der Waals surface area (Å²) in [5.41, 5.74) is 3.51. The van der Waals surface area contributed by atoms with Gasteiger partial charge in [-0.3, -0.25) is 9.78 Å². The van der Waals surface area contributed by atoms with Crippen LogP contribution in [-0.4, -0.2) is 53.8 Å². The summed E-state index contributed by atoms with van der Waals surface area (Å²) in [6.45, 7) is 7.20. The molecular formula is C27H31N3O4S. The van der Waals surface area contributed by atoms with Gasteiger partial charge in [0, 0.05) is 44.1 Å². The van der Waals surface area contributed by atoms with Crippen molar-refractivity contribution < 1.29 is 17.9 Å². The van der Waals surface area contributed by atoms with Crippen molar-refractivity contribution in [1.29, 1.82) is 0 Å². The van der Waals surface area contributed by atoms with Gasteiger partial charge in [-0.2, -0.15) is 4.31 Å². The second kappa shape index (κ2) is 10.7. The minimum atomic E-state index is -3.67. The van der Waals surface area contributed by atoms with Gasteiger partial charge in [0.05, 0.1) is 17.1 Å². The Labute approximate surface area is 207 Å². The van der Waals surface area contributed by atoms with Crippen molar-refractivity contribution in [3.05, 3.63) is 95.3 Å². The van der Waals surface area contributed by atoms with E-state index in [0.29, 0.717) is 31.7 Å². The van der Waals surface area contributed by atoms with E-state index >= 15 is 0 Å². The smallest absolute Gasteiger partial charge is 0.254 e. The molecule has 1 aromatic heterocycles. The molecule has 3 aromatic rings. The highest BCUT2D eigenvalue weighted by Gasteiger charge is 2.32. The van der Waals surface area contributed by atoms with Crippen LogP contribution in [0.3, 0.4) is 0 Å². The lowest BCUT2D eigenvalue weighted by Crippen LogP contribution is -2.48. The summed E-state index contributed by atoms with van der Waals surface area (Å²) in [6.07, 6.45) is 3.11. The van der Waals surface area contributed by atoms with Gasteiger partial charge in [-0.25, -0.2) is 8.42 Å². The number of pyridine rings is 1. The molecule has 7 nitrogen and oxygen atoms in total. The first-order valence-electron chi connectivity index (χ1n) is 11.7. The van der Waals surface area contributed by atoms with Crippen LogP contribution in [0, 0.1) is 6.92 Å². The monoisotopic (exact) mass is 493 g/mol. The molecule has 2 heterocycles. The van der Waals surface area contributed by atoms with Crippen molar-refractivity contribution in [1.82, 2.24) is 14.2 Å². The van der Waals surface area contributed by atoms with Gasteiger partial charge in [0.15, 0.2) is 0 Å². The third-order valence-corrected chi connectivity index (χ3v) is 7.98. The number of nitrogens with zero attached hydrogens (tertiary/aromatic N) is 3. The molecule has 0 spiro atoms. The Morgan fingerprint density at radius 3 is 2.31 bits per heavy atom. The van der Waals surface area contributed by atoms with Crippen LogP contribution in [-0.2, 0) is 27.8 Å². The van der Waals surface area contributed by atoms with Gasteiger partial charge >= 0.3 is 0 Å². The maximum Gasteiger partial charge on any atom is 0.254 e. The first kappa shape index (κ1) is 25.0. The molecule has 1 amide bonds. The summed E-state index contributed by atoms with van der Waals surface area (Å²) in [5.74, 6) is -0.172. The summed E-state index contributed by atoms with van der Waals surface area (Å²) in [7, 11) is -3.67. The van der Waals surface area contributed by atoms with E-state index in [4.69, 9.17) is 4.74 Å². The quantitative estimate of drug-likeness (QED) is 0.497. The maximum absolute atomic E-state index is 13.5. The minimum absolute atomic E-state index is 0.170. The Morgan fingerprint density at radius 1 is 1.00 bits per heavy atom. The first-order chi connectivity index (χ1) is 16.7. The zero-order valence-corrected chi connectivity index (χ0v) is 21.1. The topological polar surface area (TPSA) is 79.8 Å². The van der Waals surface area contributed by atoms with Crippen molar-refractivity contribution in [2.24, 2.45) is 0 Å². The molecule has 1 saturated heterocycles. The van der Waals surface area contributed by atoms with E-state index in [2.05, 4.69) is 4.98 Å². The fraction of sp³-hybridized carbons (Fsp3) is 0.333. The average molecular weight is 494 g/mol. The molecular weight excluding hydrogens is 462 g/mol. The van der Waals surface area contributed by atoms with E-state index in [1.54, 1.807) is 29.4 Å². The lowest BCUT2D eigenvalue weighted by Gasteiger charge is -2.34. The highest BCUT2D eigenvalue weighted by molar-refractivity contribution is 7.89. The summed E-state index contributed by atoms with van der Waals surface area (Å²) in [5, 5.41) is 0. The lowest BCUT2D eigenvalue weighted by atomic mass is 10.1. The molecule has 184 valence electrons. The van der Waals surface area contributed by atoms with Crippen LogP contribution in [0.5, 0.6) is 0 Å². The third kappa shape index (κ3) is 5.96. The number of carbonyl (C=O) groups is 1. The van der Waals surface area contributed by atoms with E-state index in [9.17, 15) is 13.2 Å². The van der Waals surface area contributed by atoms with Crippen LogP contribution in [0.2, 0.25) is 0 Å². The molecule has 1 aliphatic heterocycles. The van der Waals surface area contributed by atoms with Crippen molar-refractivity contribution in [3.8, 4) is 0 Å². The van der Waals surface area contributed by atoms with Crippen LogP contribution < -0.4 is 0 Å². The number of aryl methyl sites for hydroxylation is 1. The van der Waals surface area contributed by atoms with Crippen LogP contribution in [0.1, 0.15) is 40.9 Å². The van der Waals surface area contributed by atoms with E-state index < -0.39 is 10.0 Å². The summed E-state index contributed by atoms with van der Waals surface area (Å²) >= 11 is 0. The molecule has 0 aliphatic carbocycles. The molecule has 0 bridgehead atoms. The summed E-state index contributed by atoms with van der Waals surface area (Å²) < 4.78 is 33.5. The third-order valence-electron chi connectivity index (χ3n) is 6.13. The molecule has 1 aliphatic rings. The van der Waals surface area contributed by atoms with Gasteiger partial charge in [-0.05, 0) is 67.8 Å². The van der Waals surface area contributed by atoms with Crippen LogP contribution in [0.4, 0.5) is 0 Å². The molecule has 0 radical (unpaired) electrons. The van der Waals surface area contributed by atoms with Gasteiger partial charge in [-0.15, -0.1) is 0 Å². The second-order valence-electron chi connectivity index (χ2n) is 9.05. The molecule has 4 rings (SSSR count). The van der Waals surface area contributed by atoms with Gasteiger partial charge < -0.3 is 9.64 Å². The molecule has 0 saturated carbocycles. The summed E-state index contributed by atoms with van der Waals surface area (Å²) in [4.78, 5) is 19.6. The Morgan fingerprint density at radius 2 is 1.69 bits per heavy atom. The molecule has 1 fully saturated rings. The van der Waals surface area contributed by atoms with E-state index in [1.807, 2.05) is 57.2 Å². The number of sulfonamides is 1. The number of ether oxygens (including phenoxy) is 1. The molecule has 8 heteroatoms. The molecule has 2 aromatic carbocycles. The zero-order chi connectivity index (χ0) is 25.0. The highest BCUT2D eigenvalue weighted by atomic mass is 32.2. The van der Waals surface area contributed by atoms with Crippen LogP contribution in [0.15, 0.2) is 78.0 Å². The number of aromatic nitrogens is 1. The maximum atomic E-state index is 13.5. The fourth-order valence-electron chi connectivity index (χ4n) is 4.33. The number of morpholine rings is 1. The SMILES string of the molecule is Cc1ccccc1CN(Cc1cccnc1)C(=O)c1ccc(S(=O)(=O)N2CC(C)OC(C)C2)cc1. The van der Waals surface area contributed by atoms with Crippen molar-refractivity contribution in [2.45, 2.75) is 51.0 Å². The Kier molecular flexibility index (Phi) is 7.64. The lowest BCUT2D eigenvalue weighted by molar-refractivity contribution is -0.0440. The van der Waals surface area contributed by atoms with Crippen molar-refractivity contribution in [2.75, 3.05) is 13.1 Å². The van der Waals surface area contributed by atoms with Gasteiger partial charge in [-0.1, -0.05) is 30.3 Å². The number of hydrogen-bond donors (Lipinski definition) is 0. The summed E-state index contributed by atoms with van der Waals surface area (Å²) in [6, 6.07) is 18.0. The first-order valence-corrected chi connectivity index (χ1v) is 13.2. The predicted octanol–water partition coefficient (Wildman–Crippen LogP) is 4.03. The fourth-order valence-corrected chi connectivity index (χ4v) is 5.92. The van der Waals surface area contributed by atoms with Gasteiger partial charge in [0.2, 0.25) is 10.0 Å². The van der Waals surface area contributed by atoms with E-state index in [1.165, 1.54) is 16.4 Å². The van der Waals surface area contributed by atoms with Crippen LogP contribution in [0.25, 0.3) is 0 Å². The predicted molar refractivity (Wildman–Crippen MR) is 134 cm³/mol.